The van der Waals surface area contributed by atoms with E-state index in [9.17, 15) is 0 Å². The number of hydrogen-bond acceptors (Lipinski definition) is 4. The summed E-state index contributed by atoms with van der Waals surface area (Å²) in [5, 5.41) is 7.42. The zero-order valence-corrected chi connectivity index (χ0v) is 5.15. The minimum Gasteiger partial charge on any atom is -0.870 e. The summed E-state index contributed by atoms with van der Waals surface area (Å²) in [5.74, 6) is -0.833. The van der Waals surface area contributed by atoms with Gasteiger partial charge in [0.05, 0.1) is 0 Å². The van der Waals surface area contributed by atoms with E-state index in [1.54, 1.807) is 0 Å². The predicted molar refractivity (Wildman–Crippen MR) is 19.1 cm³/mol. The number of carboxylic acid groups (broad SMARTS) is 1. The van der Waals surface area contributed by atoms with Gasteiger partial charge in [-0.1, -0.05) is 0 Å². The van der Waals surface area contributed by atoms with Gasteiger partial charge in [0.1, 0.15) is 0 Å². The molecule has 0 aliphatic heterocycles. The summed E-state index contributed by atoms with van der Waals surface area (Å²) in [6.45, 7) is 1.08. The molecule has 53 valence electrons. The molecule has 0 saturated carbocycles. The maximum Gasteiger partial charge on any atom is 3.00 e. The number of aliphatic carboxylic acids is 1. The van der Waals surface area contributed by atoms with E-state index in [2.05, 4.69) is 0 Å². The Morgan fingerprint density at radius 2 is 1.25 bits per heavy atom. The fourth-order valence-electron chi connectivity index (χ4n) is 0. The molecule has 0 aliphatic rings. The first-order chi connectivity index (χ1) is 1.73. The van der Waals surface area contributed by atoms with Gasteiger partial charge in [0.25, 0.3) is 5.97 Å². The van der Waals surface area contributed by atoms with Gasteiger partial charge in [-0.2, -0.15) is 0 Å². The van der Waals surface area contributed by atoms with Crippen LogP contribution in [0.15, 0.2) is 0 Å². The van der Waals surface area contributed by atoms with E-state index in [1.807, 2.05) is 0 Å². The van der Waals surface area contributed by atoms with Gasteiger partial charge in [-0.3, -0.25) is 4.79 Å². The van der Waals surface area contributed by atoms with Crippen LogP contribution >= 0.6 is 0 Å². The van der Waals surface area contributed by atoms with E-state index in [4.69, 9.17) is 9.90 Å². The van der Waals surface area contributed by atoms with Crippen molar-refractivity contribution >= 4 is 5.97 Å². The van der Waals surface area contributed by atoms with Crippen molar-refractivity contribution in [2.45, 2.75) is 6.92 Å². The van der Waals surface area contributed by atoms with E-state index >= 15 is 0 Å². The maximum atomic E-state index is 9.00. The second-order valence-corrected chi connectivity index (χ2v) is 0.519. The molecule has 0 fully saturated rings. The summed E-state index contributed by atoms with van der Waals surface area (Å²) in [5.41, 5.74) is 0. The molecule has 0 atom stereocenters. The van der Waals surface area contributed by atoms with Crippen LogP contribution in [-0.2, 0) is 21.9 Å². The minimum absolute atomic E-state index is 0. The molecule has 0 bridgehead atoms. The number of hydrogen-bond donors (Lipinski definition) is 1. The monoisotopic (exact) mass is 167 g/mol. The summed E-state index contributed by atoms with van der Waals surface area (Å²) in [4.78, 5) is 9.00. The fourth-order valence-corrected chi connectivity index (χ4v) is 0. The van der Waals surface area contributed by atoms with E-state index in [1.165, 1.54) is 0 Å². The second-order valence-electron chi connectivity index (χ2n) is 0.519. The maximum absolute atomic E-state index is 9.00. The van der Waals surface area contributed by atoms with Gasteiger partial charge in [-0.25, -0.2) is 0 Å². The molecule has 5 nitrogen and oxygen atoms in total. The predicted octanol–water partition coefficient (Wildman–Crippen LogP) is -0.442. The third-order valence-electron chi connectivity index (χ3n) is 0. The van der Waals surface area contributed by atoms with Crippen LogP contribution in [0.25, 0.3) is 0 Å². The molecular formula is C2H7FeO5. The van der Waals surface area contributed by atoms with Crippen LogP contribution in [0.4, 0.5) is 0 Å². The van der Waals surface area contributed by atoms with Gasteiger partial charge in [0.15, 0.2) is 0 Å². The van der Waals surface area contributed by atoms with Crippen molar-refractivity contribution in [1.29, 1.82) is 0 Å². The molecule has 0 aromatic heterocycles. The number of carboxylic acids is 1. The standard InChI is InChI=1S/C2H4O2.Fe.3H2O/c1-2(3)4;;;;/h1H3,(H,3,4);;3*1H2/q;+3;;;/p-3. The van der Waals surface area contributed by atoms with E-state index in [-0.39, 0.29) is 33.5 Å². The Balaban J connectivity index is -0.00000000750. The first-order valence-corrected chi connectivity index (χ1v) is 0.928. The molecule has 0 rings (SSSR count). The summed E-state index contributed by atoms with van der Waals surface area (Å²) in [7, 11) is 0. The Labute approximate surface area is 57.1 Å². The molecule has 0 saturated heterocycles. The molecule has 8 heavy (non-hydrogen) atoms. The number of carbonyl (C=O) groups is 1. The molecule has 0 unspecified atom stereocenters. The van der Waals surface area contributed by atoms with Gasteiger partial charge in [0.2, 0.25) is 0 Å². The smallest absolute Gasteiger partial charge is 0.870 e. The molecule has 1 radical (unpaired) electrons. The molecular weight excluding hydrogens is 160 g/mol. The van der Waals surface area contributed by atoms with Crippen molar-refractivity contribution < 1.29 is 43.4 Å². The SMILES string of the molecule is CC(=O)O.[Fe+3].[OH-].[OH-].[OH-]. The zero-order chi connectivity index (χ0) is 3.58. The zero-order valence-electron chi connectivity index (χ0n) is 4.05. The van der Waals surface area contributed by atoms with Crippen molar-refractivity contribution in [3.8, 4) is 0 Å². The molecule has 0 aromatic rings. The first-order valence-electron chi connectivity index (χ1n) is 0.928. The van der Waals surface area contributed by atoms with Crippen LogP contribution in [0.3, 0.4) is 0 Å². The quantitative estimate of drug-likeness (QED) is 0.488. The molecule has 0 aliphatic carbocycles. The van der Waals surface area contributed by atoms with E-state index < -0.39 is 5.97 Å². The van der Waals surface area contributed by atoms with Crippen LogP contribution < -0.4 is 0 Å². The summed E-state index contributed by atoms with van der Waals surface area (Å²) >= 11 is 0. The normalized spacial score (nSPS) is 3.12. The van der Waals surface area contributed by atoms with Gasteiger partial charge in [-0.05, 0) is 0 Å². The summed E-state index contributed by atoms with van der Waals surface area (Å²) in [6.07, 6.45) is 0. The second kappa shape index (κ2) is 28.7. The Morgan fingerprint density at radius 3 is 1.25 bits per heavy atom. The van der Waals surface area contributed by atoms with Crippen LogP contribution in [0.5, 0.6) is 0 Å². The number of rotatable bonds is 0. The van der Waals surface area contributed by atoms with Crippen LogP contribution in [0.1, 0.15) is 6.92 Å². The average Bonchev–Trinajstić information content (AvgIpc) is 0.811. The summed E-state index contributed by atoms with van der Waals surface area (Å²) < 4.78 is 0. The molecule has 6 heteroatoms. The Hall–Kier alpha value is -0.131. The Morgan fingerprint density at radius 1 is 1.25 bits per heavy atom. The third kappa shape index (κ3) is 8170. The first kappa shape index (κ1) is 45.1. The van der Waals surface area contributed by atoms with Crippen LogP contribution in [0.2, 0.25) is 0 Å². The van der Waals surface area contributed by atoms with Crippen LogP contribution in [-0.4, -0.2) is 27.5 Å². The molecule has 0 amide bonds. The van der Waals surface area contributed by atoms with Crippen molar-refractivity contribution in [3.05, 3.63) is 0 Å². The molecule has 0 heterocycles. The van der Waals surface area contributed by atoms with E-state index in [0.717, 1.165) is 6.92 Å². The van der Waals surface area contributed by atoms with Gasteiger partial charge in [-0.15, -0.1) is 0 Å². The van der Waals surface area contributed by atoms with Crippen LogP contribution in [0, 0.1) is 0 Å². The largest absolute Gasteiger partial charge is 3.00 e. The van der Waals surface area contributed by atoms with Crippen molar-refractivity contribution in [1.82, 2.24) is 0 Å². The van der Waals surface area contributed by atoms with Crippen molar-refractivity contribution in [2.75, 3.05) is 0 Å². The van der Waals surface area contributed by atoms with Crippen molar-refractivity contribution in [3.63, 3.8) is 0 Å². The van der Waals surface area contributed by atoms with Gasteiger partial charge < -0.3 is 21.5 Å². The fraction of sp³-hybridized carbons (Fsp3) is 0.500. The molecule has 4 N–H and O–H groups in total. The Kier molecular flexibility index (Phi) is 162. The topological polar surface area (TPSA) is 127 Å². The third-order valence-corrected chi connectivity index (χ3v) is 0. The molecule has 0 spiro atoms. The molecule has 0 aromatic carbocycles. The van der Waals surface area contributed by atoms with Crippen molar-refractivity contribution in [2.24, 2.45) is 0 Å². The van der Waals surface area contributed by atoms with Gasteiger partial charge >= 0.3 is 17.1 Å². The van der Waals surface area contributed by atoms with E-state index in [0.29, 0.717) is 0 Å². The van der Waals surface area contributed by atoms with Gasteiger partial charge in [0, 0.05) is 6.92 Å². The summed E-state index contributed by atoms with van der Waals surface area (Å²) in [6, 6.07) is 0. The average molecular weight is 167 g/mol. The Bertz CT molecular complexity index is 33.4. The minimum atomic E-state index is -0.833.